The summed E-state index contributed by atoms with van der Waals surface area (Å²) in [5.74, 6) is 1.72. The molecule has 0 atom stereocenters. The summed E-state index contributed by atoms with van der Waals surface area (Å²) >= 11 is 0. The highest BCUT2D eigenvalue weighted by atomic mass is 16.5. The van der Waals surface area contributed by atoms with Crippen LogP contribution < -0.4 is 9.47 Å². The molecule has 0 fully saturated rings. The van der Waals surface area contributed by atoms with E-state index in [1.54, 1.807) is 19.2 Å². The Balaban J connectivity index is 1.90. The van der Waals surface area contributed by atoms with Gasteiger partial charge in [-0.25, -0.2) is 0 Å². The van der Waals surface area contributed by atoms with Crippen molar-refractivity contribution in [1.29, 1.82) is 0 Å². The zero-order chi connectivity index (χ0) is 15.5. The number of hydrogen-bond acceptors (Lipinski definition) is 3. The first kappa shape index (κ1) is 14.3. The molecule has 0 aliphatic heterocycles. The van der Waals surface area contributed by atoms with Gasteiger partial charge >= 0.3 is 0 Å². The van der Waals surface area contributed by atoms with Crippen molar-refractivity contribution in [2.24, 2.45) is 0 Å². The van der Waals surface area contributed by atoms with Crippen LogP contribution in [0.3, 0.4) is 0 Å². The molecule has 1 heterocycles. The van der Waals surface area contributed by atoms with Crippen LogP contribution in [-0.4, -0.2) is 16.8 Å². The first-order chi connectivity index (χ1) is 10.7. The lowest BCUT2D eigenvalue weighted by atomic mass is 10.2. The van der Waals surface area contributed by atoms with Gasteiger partial charge in [-0.2, -0.15) is 0 Å². The predicted molar refractivity (Wildman–Crippen MR) is 86.6 cm³/mol. The van der Waals surface area contributed by atoms with Crippen LogP contribution >= 0.6 is 0 Å². The second-order valence-corrected chi connectivity index (χ2v) is 5.06. The monoisotopic (exact) mass is 297 g/mol. The van der Waals surface area contributed by atoms with E-state index in [4.69, 9.17) is 9.47 Å². The summed E-state index contributed by atoms with van der Waals surface area (Å²) < 4.78 is 13.4. The maximum absolute atomic E-state index is 9.67. The van der Waals surface area contributed by atoms with Crippen molar-refractivity contribution in [3.8, 4) is 17.2 Å². The Hall–Kier alpha value is -2.62. The Morgan fingerprint density at radius 1 is 1.05 bits per heavy atom. The third-order valence-corrected chi connectivity index (χ3v) is 3.73. The first-order valence-corrected chi connectivity index (χ1v) is 7.30. The van der Waals surface area contributed by atoms with Gasteiger partial charge < -0.3 is 19.1 Å². The van der Waals surface area contributed by atoms with Crippen LogP contribution in [0.5, 0.6) is 17.2 Å². The van der Waals surface area contributed by atoms with Crippen molar-refractivity contribution < 1.29 is 14.6 Å². The van der Waals surface area contributed by atoms with E-state index in [-0.39, 0.29) is 5.75 Å². The molecule has 0 unspecified atom stereocenters. The van der Waals surface area contributed by atoms with E-state index in [0.717, 1.165) is 34.6 Å². The van der Waals surface area contributed by atoms with Gasteiger partial charge in [0.15, 0.2) is 11.5 Å². The number of nitrogens with zero attached hydrogens (tertiary/aromatic N) is 1. The van der Waals surface area contributed by atoms with Crippen molar-refractivity contribution in [2.75, 3.05) is 7.11 Å². The highest BCUT2D eigenvalue weighted by Gasteiger charge is 2.10. The molecule has 0 saturated carbocycles. The Kier molecular flexibility index (Phi) is 3.92. The molecule has 0 radical (unpaired) electrons. The molecule has 1 N–H and O–H groups in total. The van der Waals surface area contributed by atoms with Gasteiger partial charge in [-0.05, 0) is 37.3 Å². The summed E-state index contributed by atoms with van der Waals surface area (Å²) in [6.45, 7) is 3.34. The van der Waals surface area contributed by atoms with Gasteiger partial charge in [0, 0.05) is 18.0 Å². The Morgan fingerprint density at radius 3 is 2.55 bits per heavy atom. The van der Waals surface area contributed by atoms with Crippen molar-refractivity contribution in [3.63, 3.8) is 0 Å². The number of benzene rings is 2. The third kappa shape index (κ3) is 2.60. The van der Waals surface area contributed by atoms with Gasteiger partial charge in [-0.3, -0.25) is 0 Å². The van der Waals surface area contributed by atoms with E-state index < -0.39 is 0 Å². The second kappa shape index (κ2) is 6.02. The number of fused-ring (bicyclic) bond motifs is 1. The summed E-state index contributed by atoms with van der Waals surface area (Å²) in [6, 6.07) is 15.1. The van der Waals surface area contributed by atoms with E-state index in [9.17, 15) is 5.11 Å². The number of aromatic nitrogens is 1. The van der Waals surface area contributed by atoms with Crippen molar-refractivity contribution in [2.45, 2.75) is 20.1 Å². The molecule has 0 aliphatic carbocycles. The lowest BCUT2D eigenvalue weighted by molar-refractivity contribution is 0.276. The zero-order valence-corrected chi connectivity index (χ0v) is 12.7. The topological polar surface area (TPSA) is 43.6 Å². The molecule has 1 aromatic heterocycles. The Bertz CT molecular complexity index is 792. The molecule has 0 aliphatic rings. The van der Waals surface area contributed by atoms with E-state index in [1.807, 2.05) is 30.3 Å². The van der Waals surface area contributed by atoms with Gasteiger partial charge in [0.2, 0.25) is 0 Å². The molecule has 3 rings (SSSR count). The molecule has 0 saturated heterocycles. The summed E-state index contributed by atoms with van der Waals surface area (Å²) in [6.07, 6.45) is 0. The van der Waals surface area contributed by atoms with Gasteiger partial charge in [0.1, 0.15) is 12.4 Å². The lowest BCUT2D eigenvalue weighted by Crippen LogP contribution is -2.05. The molecule has 4 heteroatoms. The van der Waals surface area contributed by atoms with Crippen LogP contribution in [0, 0.1) is 0 Å². The van der Waals surface area contributed by atoms with Gasteiger partial charge in [-0.1, -0.05) is 12.1 Å². The molecule has 2 aromatic carbocycles. The Morgan fingerprint density at radius 2 is 1.82 bits per heavy atom. The fraction of sp³-hybridized carbons (Fsp3) is 0.222. The molecular formula is C18H19NO3. The first-order valence-electron chi connectivity index (χ1n) is 7.30. The van der Waals surface area contributed by atoms with E-state index in [2.05, 4.69) is 17.6 Å². The highest BCUT2D eigenvalue weighted by Crippen LogP contribution is 2.28. The van der Waals surface area contributed by atoms with E-state index in [1.165, 1.54) is 0 Å². The van der Waals surface area contributed by atoms with Crippen LogP contribution in [0.4, 0.5) is 0 Å². The minimum Gasteiger partial charge on any atom is -0.508 e. The van der Waals surface area contributed by atoms with Crippen molar-refractivity contribution in [3.05, 3.63) is 54.2 Å². The maximum Gasteiger partial charge on any atom is 0.161 e. The standard InChI is InChI=1S/C18H19NO3/c1-3-19-14(10-13-8-9-15(20)11-16(13)19)12-22-18-7-5-4-6-17(18)21-2/h4-11,20H,3,12H2,1-2H3. The summed E-state index contributed by atoms with van der Waals surface area (Å²) in [4.78, 5) is 0. The molecule has 22 heavy (non-hydrogen) atoms. The number of para-hydroxylation sites is 2. The number of phenolic OH excluding ortho intramolecular Hbond substituents is 1. The van der Waals surface area contributed by atoms with Gasteiger partial charge in [-0.15, -0.1) is 0 Å². The van der Waals surface area contributed by atoms with Gasteiger partial charge in [0.25, 0.3) is 0 Å². The number of aromatic hydroxyl groups is 1. The SMILES string of the molecule is CCn1c(COc2ccccc2OC)cc2ccc(O)cc21. The number of ether oxygens (including phenoxy) is 2. The van der Waals surface area contributed by atoms with Crippen LogP contribution in [-0.2, 0) is 13.2 Å². The fourth-order valence-corrected chi connectivity index (χ4v) is 2.68. The third-order valence-electron chi connectivity index (χ3n) is 3.73. The second-order valence-electron chi connectivity index (χ2n) is 5.06. The van der Waals surface area contributed by atoms with E-state index >= 15 is 0 Å². The van der Waals surface area contributed by atoms with Crippen molar-refractivity contribution >= 4 is 10.9 Å². The largest absolute Gasteiger partial charge is 0.508 e. The zero-order valence-electron chi connectivity index (χ0n) is 12.7. The van der Waals surface area contributed by atoms with Crippen LogP contribution in [0.15, 0.2) is 48.5 Å². The summed E-state index contributed by atoms with van der Waals surface area (Å²) in [5.41, 5.74) is 2.08. The molecule has 114 valence electrons. The molecule has 0 spiro atoms. The van der Waals surface area contributed by atoms with E-state index in [0.29, 0.717) is 6.61 Å². The average Bonchev–Trinajstić information content (AvgIpc) is 2.89. The number of rotatable bonds is 5. The molecular weight excluding hydrogens is 278 g/mol. The fourth-order valence-electron chi connectivity index (χ4n) is 2.68. The molecule has 4 nitrogen and oxygen atoms in total. The minimum atomic E-state index is 0.275. The number of phenols is 1. The number of methoxy groups -OCH3 is 1. The van der Waals surface area contributed by atoms with Crippen LogP contribution in [0.1, 0.15) is 12.6 Å². The molecule has 0 bridgehead atoms. The van der Waals surface area contributed by atoms with Crippen LogP contribution in [0.25, 0.3) is 10.9 Å². The quantitative estimate of drug-likeness (QED) is 0.775. The highest BCUT2D eigenvalue weighted by molar-refractivity contribution is 5.82. The predicted octanol–water partition coefficient (Wildman–Crippen LogP) is 3.95. The smallest absolute Gasteiger partial charge is 0.161 e. The summed E-state index contributed by atoms with van der Waals surface area (Å²) in [7, 11) is 1.63. The number of hydrogen-bond donors (Lipinski definition) is 1. The summed E-state index contributed by atoms with van der Waals surface area (Å²) in [5, 5.41) is 10.8. The molecule has 0 amide bonds. The van der Waals surface area contributed by atoms with Gasteiger partial charge in [0.05, 0.1) is 18.3 Å². The minimum absolute atomic E-state index is 0.275. The maximum atomic E-state index is 9.67. The average molecular weight is 297 g/mol. The Labute approximate surface area is 129 Å². The number of aryl methyl sites for hydroxylation is 1. The van der Waals surface area contributed by atoms with Crippen LogP contribution in [0.2, 0.25) is 0 Å². The van der Waals surface area contributed by atoms with Crippen molar-refractivity contribution in [1.82, 2.24) is 4.57 Å². The lowest BCUT2D eigenvalue weighted by Gasteiger charge is -2.12. The normalized spacial score (nSPS) is 10.8. The molecule has 3 aromatic rings.